The number of carbonyl (C=O) groups is 2. The van der Waals surface area contributed by atoms with Gasteiger partial charge < -0.3 is 15.4 Å². The zero-order chi connectivity index (χ0) is 19.2. The number of benzene rings is 1. The predicted octanol–water partition coefficient (Wildman–Crippen LogP) is 1.89. The highest BCUT2D eigenvalue weighted by atomic mass is 19.3. The second-order valence-electron chi connectivity index (χ2n) is 7.13. The molecule has 2 fully saturated rings. The maximum Gasteiger partial charge on any atom is 0.387 e. The summed E-state index contributed by atoms with van der Waals surface area (Å²) in [6.07, 6.45) is 3.73. The quantitative estimate of drug-likeness (QED) is 0.722. The van der Waals surface area contributed by atoms with Crippen molar-refractivity contribution in [2.24, 2.45) is 5.92 Å². The van der Waals surface area contributed by atoms with E-state index in [1.165, 1.54) is 12.1 Å². The van der Waals surface area contributed by atoms with Crippen molar-refractivity contribution in [2.45, 2.75) is 44.9 Å². The van der Waals surface area contributed by atoms with Crippen molar-refractivity contribution in [3.8, 4) is 5.75 Å². The van der Waals surface area contributed by atoms with Gasteiger partial charge in [0.15, 0.2) is 0 Å². The van der Waals surface area contributed by atoms with Gasteiger partial charge in [0.25, 0.3) is 0 Å². The van der Waals surface area contributed by atoms with Crippen molar-refractivity contribution in [3.05, 3.63) is 29.8 Å². The lowest BCUT2D eigenvalue weighted by molar-refractivity contribution is -0.124. The number of ether oxygens (including phenoxy) is 1. The summed E-state index contributed by atoms with van der Waals surface area (Å²) in [6, 6.07) is 6.41. The minimum absolute atomic E-state index is 0.0802. The van der Waals surface area contributed by atoms with Gasteiger partial charge in [-0.3, -0.25) is 14.5 Å². The van der Waals surface area contributed by atoms with E-state index in [2.05, 4.69) is 20.3 Å². The summed E-state index contributed by atoms with van der Waals surface area (Å²) in [6.45, 7) is -0.634. The van der Waals surface area contributed by atoms with E-state index in [-0.39, 0.29) is 29.5 Å². The first-order valence-electron chi connectivity index (χ1n) is 9.33. The Morgan fingerprint density at radius 1 is 1.11 bits per heavy atom. The summed E-state index contributed by atoms with van der Waals surface area (Å²) in [5.41, 5.74) is 0.812. The Bertz CT molecular complexity index is 642. The molecule has 1 aliphatic carbocycles. The van der Waals surface area contributed by atoms with Crippen LogP contribution in [0.4, 0.5) is 8.78 Å². The van der Waals surface area contributed by atoms with Gasteiger partial charge in [0.1, 0.15) is 5.75 Å². The Morgan fingerprint density at radius 2 is 1.78 bits per heavy atom. The van der Waals surface area contributed by atoms with Crippen molar-refractivity contribution in [1.82, 2.24) is 15.5 Å². The average Bonchev–Trinajstić information content (AvgIpc) is 3.47. The molecule has 27 heavy (non-hydrogen) atoms. The molecule has 6 nitrogen and oxygen atoms in total. The molecule has 1 saturated heterocycles. The van der Waals surface area contributed by atoms with E-state index < -0.39 is 6.61 Å². The van der Waals surface area contributed by atoms with Gasteiger partial charge in [-0.15, -0.1) is 0 Å². The molecule has 3 rings (SSSR count). The fourth-order valence-electron chi connectivity index (χ4n) is 3.15. The van der Waals surface area contributed by atoms with Gasteiger partial charge >= 0.3 is 6.61 Å². The fraction of sp³-hybridized carbons (Fsp3) is 0.579. The number of alkyl halides is 2. The van der Waals surface area contributed by atoms with Crippen molar-refractivity contribution in [2.75, 3.05) is 19.6 Å². The molecule has 0 unspecified atom stereocenters. The zero-order valence-corrected chi connectivity index (χ0v) is 15.1. The van der Waals surface area contributed by atoms with E-state index in [1.807, 2.05) is 0 Å². The van der Waals surface area contributed by atoms with Crippen LogP contribution in [0.5, 0.6) is 5.75 Å². The summed E-state index contributed by atoms with van der Waals surface area (Å²) in [5.74, 6) is 0.418. The topological polar surface area (TPSA) is 70.7 Å². The number of halogens is 2. The largest absolute Gasteiger partial charge is 0.435 e. The second kappa shape index (κ2) is 9.12. The second-order valence-corrected chi connectivity index (χ2v) is 7.13. The van der Waals surface area contributed by atoms with E-state index >= 15 is 0 Å². The summed E-state index contributed by atoms with van der Waals surface area (Å²) in [5, 5.41) is 5.93. The lowest BCUT2D eigenvalue weighted by atomic mass is 10.0. The molecule has 0 radical (unpaired) electrons. The monoisotopic (exact) mass is 381 g/mol. The molecule has 1 aromatic rings. The molecule has 1 saturated carbocycles. The highest BCUT2D eigenvalue weighted by molar-refractivity contribution is 5.81. The highest BCUT2D eigenvalue weighted by Gasteiger charge is 2.31. The summed E-state index contributed by atoms with van der Waals surface area (Å²) in [4.78, 5) is 26.0. The first-order chi connectivity index (χ1) is 13.0. The van der Waals surface area contributed by atoms with Crippen molar-refractivity contribution in [1.29, 1.82) is 0 Å². The van der Waals surface area contributed by atoms with E-state index in [4.69, 9.17) is 0 Å². The minimum atomic E-state index is -2.85. The molecule has 0 aromatic heterocycles. The number of nitrogens with one attached hydrogen (secondary N) is 2. The third-order valence-electron chi connectivity index (χ3n) is 4.89. The lowest BCUT2D eigenvalue weighted by Gasteiger charge is -2.31. The number of rotatable bonds is 8. The fourth-order valence-corrected chi connectivity index (χ4v) is 3.15. The van der Waals surface area contributed by atoms with Gasteiger partial charge in [0.05, 0.1) is 6.54 Å². The molecule has 2 amide bonds. The first kappa shape index (κ1) is 19.5. The van der Waals surface area contributed by atoms with Crippen LogP contribution in [0.15, 0.2) is 24.3 Å². The molecule has 2 N–H and O–H groups in total. The maximum absolute atomic E-state index is 12.1. The summed E-state index contributed by atoms with van der Waals surface area (Å²) >= 11 is 0. The first-order valence-corrected chi connectivity index (χ1v) is 9.33. The number of amides is 2. The average molecular weight is 381 g/mol. The number of piperidine rings is 1. The number of likely N-dealkylation sites (tertiary alicyclic amines) is 1. The third kappa shape index (κ3) is 6.46. The summed E-state index contributed by atoms with van der Waals surface area (Å²) < 4.78 is 28.5. The summed E-state index contributed by atoms with van der Waals surface area (Å²) in [7, 11) is 0. The molecule has 148 valence electrons. The van der Waals surface area contributed by atoms with Gasteiger partial charge in [-0.1, -0.05) is 12.1 Å². The SMILES string of the molecule is O=C(CN1CCC(NC(=O)C2CC2)CC1)NCc1ccc(OC(F)F)cc1. The molecule has 1 heterocycles. The van der Waals surface area contributed by atoms with Gasteiger partial charge in [-0.2, -0.15) is 8.78 Å². The molecular weight excluding hydrogens is 356 g/mol. The van der Waals surface area contributed by atoms with Crippen LogP contribution in [0.25, 0.3) is 0 Å². The lowest BCUT2D eigenvalue weighted by Crippen LogP contribution is -2.47. The van der Waals surface area contributed by atoms with Crippen LogP contribution in [-0.2, 0) is 16.1 Å². The molecule has 2 aliphatic rings. The van der Waals surface area contributed by atoms with Crippen LogP contribution in [0.2, 0.25) is 0 Å². The van der Waals surface area contributed by atoms with Crippen molar-refractivity contribution in [3.63, 3.8) is 0 Å². The van der Waals surface area contributed by atoms with Crippen LogP contribution >= 0.6 is 0 Å². The smallest absolute Gasteiger partial charge is 0.387 e. The van der Waals surface area contributed by atoms with Crippen LogP contribution in [-0.4, -0.2) is 49.0 Å². The molecule has 0 bridgehead atoms. The number of carbonyl (C=O) groups excluding carboxylic acids is 2. The van der Waals surface area contributed by atoms with Crippen LogP contribution in [0, 0.1) is 5.92 Å². The number of hydrogen-bond donors (Lipinski definition) is 2. The van der Waals surface area contributed by atoms with E-state index in [0.717, 1.165) is 44.3 Å². The maximum atomic E-state index is 12.1. The molecule has 1 aliphatic heterocycles. The molecular formula is C19H25F2N3O3. The van der Waals surface area contributed by atoms with E-state index in [1.54, 1.807) is 12.1 Å². The van der Waals surface area contributed by atoms with Gasteiger partial charge in [-0.25, -0.2) is 0 Å². The minimum Gasteiger partial charge on any atom is -0.435 e. The normalized spacial score (nSPS) is 18.3. The van der Waals surface area contributed by atoms with Crippen molar-refractivity contribution < 1.29 is 23.1 Å². The highest BCUT2D eigenvalue weighted by Crippen LogP contribution is 2.29. The Balaban J connectivity index is 1.33. The van der Waals surface area contributed by atoms with Gasteiger partial charge in [0.2, 0.25) is 11.8 Å². The molecule has 0 spiro atoms. The van der Waals surface area contributed by atoms with E-state index in [9.17, 15) is 18.4 Å². The Morgan fingerprint density at radius 3 is 2.37 bits per heavy atom. The standard InChI is InChI=1S/C19H25F2N3O3/c20-19(21)27-16-5-1-13(2-6-16)11-22-17(25)12-24-9-7-15(8-10-24)23-18(26)14-3-4-14/h1-2,5-6,14-15,19H,3-4,7-12H2,(H,22,25)(H,23,26). The van der Waals surface area contributed by atoms with Crippen LogP contribution in [0.3, 0.4) is 0 Å². The number of nitrogens with zero attached hydrogens (tertiary/aromatic N) is 1. The van der Waals surface area contributed by atoms with Crippen LogP contribution < -0.4 is 15.4 Å². The Labute approximate surface area is 157 Å². The van der Waals surface area contributed by atoms with Gasteiger partial charge in [0, 0.05) is 31.6 Å². The molecule has 8 heteroatoms. The van der Waals surface area contributed by atoms with Crippen molar-refractivity contribution >= 4 is 11.8 Å². The van der Waals surface area contributed by atoms with Crippen LogP contribution in [0.1, 0.15) is 31.2 Å². The molecule has 1 aromatic carbocycles. The third-order valence-corrected chi connectivity index (χ3v) is 4.89. The van der Waals surface area contributed by atoms with Gasteiger partial charge in [-0.05, 0) is 43.4 Å². The predicted molar refractivity (Wildman–Crippen MR) is 95.2 cm³/mol. The zero-order valence-electron chi connectivity index (χ0n) is 15.1. The van der Waals surface area contributed by atoms with E-state index in [0.29, 0.717) is 13.1 Å². The Hall–Kier alpha value is -2.22. The molecule has 0 atom stereocenters. The Kier molecular flexibility index (Phi) is 6.60. The number of hydrogen-bond acceptors (Lipinski definition) is 4.